The second-order valence-electron chi connectivity index (χ2n) is 4.64. The average Bonchev–Trinajstić information content (AvgIpc) is 3.18. The predicted molar refractivity (Wildman–Crippen MR) is 65.4 cm³/mol. The first-order valence-corrected chi connectivity index (χ1v) is 6.39. The lowest BCUT2D eigenvalue weighted by molar-refractivity contribution is -0.142. The molecular weight excluding hydrogens is 289 g/mol. The minimum absolute atomic E-state index is 0.0517. The fraction of sp³-hybridized carbons (Fsp3) is 0.429. The van der Waals surface area contributed by atoms with Gasteiger partial charge in [0.2, 0.25) is 0 Å². The number of carbonyl (C=O) groups is 2. The number of carbonyl (C=O) groups excluding carboxylic acids is 2. The Balaban J connectivity index is 2.07. The van der Waals surface area contributed by atoms with Gasteiger partial charge in [-0.05, 0) is 30.9 Å². The van der Waals surface area contributed by atoms with Crippen LogP contribution in [0.3, 0.4) is 0 Å². The summed E-state index contributed by atoms with van der Waals surface area (Å²) in [6.07, 6.45) is -5.38. The molecule has 0 radical (unpaired) electrons. The predicted octanol–water partition coefficient (Wildman–Crippen LogP) is 3.51. The summed E-state index contributed by atoms with van der Waals surface area (Å²) in [6.45, 7) is 1.60. The van der Waals surface area contributed by atoms with E-state index in [1.807, 2.05) is 0 Å². The molecule has 0 unspecified atom stereocenters. The second-order valence-corrected chi connectivity index (χ2v) is 4.64. The van der Waals surface area contributed by atoms with Gasteiger partial charge in [0.25, 0.3) is 0 Å². The van der Waals surface area contributed by atoms with Gasteiger partial charge < -0.3 is 9.47 Å². The second kappa shape index (κ2) is 5.75. The maximum Gasteiger partial charge on any atom is 0.516 e. The molecule has 0 aliphatic heterocycles. The molecule has 21 heavy (non-hydrogen) atoms. The number of halogens is 3. The molecule has 1 aromatic carbocycles. The summed E-state index contributed by atoms with van der Waals surface area (Å²) in [5, 5.41) is 0. The Morgan fingerprint density at radius 2 is 1.95 bits per heavy atom. The number of rotatable bonds is 3. The maximum absolute atomic E-state index is 12.9. The van der Waals surface area contributed by atoms with Crippen molar-refractivity contribution in [3.63, 3.8) is 0 Å². The number of alkyl halides is 3. The molecular formula is C14H13F3O4. The first-order chi connectivity index (χ1) is 9.84. The van der Waals surface area contributed by atoms with Crippen molar-refractivity contribution in [3.05, 3.63) is 35.4 Å². The summed E-state index contributed by atoms with van der Waals surface area (Å²) in [7, 11) is 0. The number of ether oxygens (including phenoxy) is 2. The molecule has 1 aromatic rings. The molecule has 0 N–H and O–H groups in total. The molecule has 7 heteroatoms. The highest BCUT2D eigenvalue weighted by Crippen LogP contribution is 2.51. The lowest BCUT2D eigenvalue weighted by Crippen LogP contribution is -2.16. The summed E-state index contributed by atoms with van der Waals surface area (Å²) in [5.74, 6) is -2.17. The lowest BCUT2D eigenvalue weighted by atomic mass is 10.0. The quantitative estimate of drug-likeness (QED) is 0.633. The summed E-state index contributed by atoms with van der Waals surface area (Å²) in [5.41, 5.74) is -0.711. The zero-order chi connectivity index (χ0) is 15.6. The van der Waals surface area contributed by atoms with Crippen LogP contribution in [0.2, 0.25) is 0 Å². The van der Waals surface area contributed by atoms with Gasteiger partial charge >= 0.3 is 18.3 Å². The van der Waals surface area contributed by atoms with E-state index in [1.54, 1.807) is 6.92 Å². The van der Waals surface area contributed by atoms with E-state index < -0.39 is 35.7 Å². The number of hydrogen-bond donors (Lipinski definition) is 0. The van der Waals surface area contributed by atoms with Crippen molar-refractivity contribution in [2.45, 2.75) is 25.4 Å². The number of esters is 1. The highest BCUT2D eigenvalue weighted by atomic mass is 19.4. The van der Waals surface area contributed by atoms with E-state index in [9.17, 15) is 22.8 Å². The van der Waals surface area contributed by atoms with Gasteiger partial charge in [-0.2, -0.15) is 13.2 Å². The van der Waals surface area contributed by atoms with Gasteiger partial charge in [0.15, 0.2) is 0 Å². The molecule has 0 amide bonds. The van der Waals surface area contributed by atoms with Crippen LogP contribution < -0.4 is 0 Å². The normalized spacial score (nSPS) is 20.8. The van der Waals surface area contributed by atoms with Gasteiger partial charge in [-0.1, -0.05) is 18.2 Å². The van der Waals surface area contributed by atoms with Crippen LogP contribution in [0, 0.1) is 5.92 Å². The largest absolute Gasteiger partial charge is 0.516 e. The van der Waals surface area contributed by atoms with Gasteiger partial charge in [-0.3, -0.25) is 4.79 Å². The molecule has 1 aliphatic carbocycles. The average molecular weight is 302 g/mol. The Bertz CT molecular complexity index is 553. The first-order valence-electron chi connectivity index (χ1n) is 6.39. The van der Waals surface area contributed by atoms with Crippen LogP contribution >= 0.6 is 0 Å². The monoisotopic (exact) mass is 302 g/mol. The van der Waals surface area contributed by atoms with Gasteiger partial charge in [-0.15, -0.1) is 0 Å². The molecule has 4 nitrogen and oxygen atoms in total. The van der Waals surface area contributed by atoms with Crippen LogP contribution in [-0.2, 0) is 20.4 Å². The summed E-state index contributed by atoms with van der Waals surface area (Å²) in [6, 6.07) is 5.09. The third kappa shape index (κ3) is 3.53. The third-order valence-electron chi connectivity index (χ3n) is 3.20. The van der Waals surface area contributed by atoms with Crippen LogP contribution in [0.1, 0.15) is 30.4 Å². The summed E-state index contributed by atoms with van der Waals surface area (Å²) < 4.78 is 47.5. The van der Waals surface area contributed by atoms with E-state index in [1.165, 1.54) is 18.2 Å². The van der Waals surface area contributed by atoms with E-state index >= 15 is 0 Å². The molecule has 0 aromatic heterocycles. The lowest BCUT2D eigenvalue weighted by Gasteiger charge is -2.12. The Morgan fingerprint density at radius 1 is 1.29 bits per heavy atom. The highest BCUT2D eigenvalue weighted by molar-refractivity contribution is 5.86. The molecule has 1 saturated carbocycles. The fourth-order valence-electron chi connectivity index (χ4n) is 2.18. The molecule has 0 heterocycles. The summed E-state index contributed by atoms with van der Waals surface area (Å²) >= 11 is 0. The van der Waals surface area contributed by atoms with E-state index in [0.29, 0.717) is 0 Å². The maximum atomic E-state index is 12.9. The molecule has 114 valence electrons. The topological polar surface area (TPSA) is 52.6 Å². The van der Waals surface area contributed by atoms with Crippen molar-refractivity contribution < 1.29 is 32.2 Å². The van der Waals surface area contributed by atoms with Crippen LogP contribution in [0.4, 0.5) is 18.0 Å². The molecule has 2 atom stereocenters. The van der Waals surface area contributed by atoms with Crippen molar-refractivity contribution in [1.82, 2.24) is 0 Å². The SMILES string of the molecule is CCOC(=O)OC(=O)[C@H]1C[C@@H]1c1ccccc1C(F)(F)F. The van der Waals surface area contributed by atoms with Gasteiger partial charge in [0.1, 0.15) is 0 Å². The fourth-order valence-corrected chi connectivity index (χ4v) is 2.18. The standard InChI is InChI=1S/C14H13F3O4/c1-2-20-13(19)21-12(18)10-7-9(10)8-5-3-4-6-11(8)14(15,16)17/h3-6,9-10H,2,7H2,1H3/t9-,10+/m1/s1. The highest BCUT2D eigenvalue weighted by Gasteiger charge is 2.49. The smallest absolute Gasteiger partial charge is 0.434 e. The zero-order valence-electron chi connectivity index (χ0n) is 11.1. The van der Waals surface area contributed by atoms with Crippen molar-refractivity contribution in [2.75, 3.05) is 6.61 Å². The van der Waals surface area contributed by atoms with Crippen LogP contribution in [-0.4, -0.2) is 18.7 Å². The Morgan fingerprint density at radius 3 is 2.57 bits per heavy atom. The van der Waals surface area contributed by atoms with Crippen LogP contribution in [0.25, 0.3) is 0 Å². The zero-order valence-corrected chi connectivity index (χ0v) is 11.1. The number of hydrogen-bond acceptors (Lipinski definition) is 4. The molecule has 0 saturated heterocycles. The van der Waals surface area contributed by atoms with E-state index in [-0.39, 0.29) is 18.6 Å². The van der Waals surface area contributed by atoms with E-state index in [2.05, 4.69) is 9.47 Å². The van der Waals surface area contributed by atoms with E-state index in [4.69, 9.17) is 0 Å². The van der Waals surface area contributed by atoms with Gasteiger partial charge in [0.05, 0.1) is 18.1 Å². The van der Waals surface area contributed by atoms with Crippen molar-refractivity contribution >= 4 is 12.1 Å². The Labute approximate surface area is 118 Å². The molecule has 0 bridgehead atoms. The van der Waals surface area contributed by atoms with Crippen molar-refractivity contribution in [3.8, 4) is 0 Å². The molecule has 2 rings (SSSR count). The Kier molecular flexibility index (Phi) is 4.20. The van der Waals surface area contributed by atoms with Gasteiger partial charge in [0, 0.05) is 0 Å². The van der Waals surface area contributed by atoms with Crippen LogP contribution in [0.15, 0.2) is 24.3 Å². The Hall–Kier alpha value is -2.05. The molecule has 1 aliphatic rings. The minimum Gasteiger partial charge on any atom is -0.434 e. The minimum atomic E-state index is -4.48. The van der Waals surface area contributed by atoms with Crippen molar-refractivity contribution in [2.24, 2.45) is 5.92 Å². The molecule has 1 fully saturated rings. The summed E-state index contributed by atoms with van der Waals surface area (Å²) in [4.78, 5) is 22.6. The van der Waals surface area contributed by atoms with Crippen molar-refractivity contribution in [1.29, 1.82) is 0 Å². The third-order valence-corrected chi connectivity index (χ3v) is 3.20. The van der Waals surface area contributed by atoms with Crippen LogP contribution in [0.5, 0.6) is 0 Å². The number of benzene rings is 1. The van der Waals surface area contributed by atoms with E-state index in [0.717, 1.165) is 6.07 Å². The molecule has 0 spiro atoms. The first kappa shape index (κ1) is 15.3. The van der Waals surface area contributed by atoms with Gasteiger partial charge in [-0.25, -0.2) is 4.79 Å².